The smallest absolute Gasteiger partial charge is 0.181 e. The first-order valence-corrected chi connectivity index (χ1v) is 6.62. The van der Waals surface area contributed by atoms with E-state index >= 15 is 0 Å². The summed E-state index contributed by atoms with van der Waals surface area (Å²) < 4.78 is 0.987. The average Bonchev–Trinajstić information content (AvgIpc) is 2.78. The third kappa shape index (κ3) is 1.30. The predicted molar refractivity (Wildman–Crippen MR) is 80.4 cm³/mol. The minimum absolute atomic E-state index is 0.987. The molecule has 1 aliphatic rings. The SMILES string of the molecule is BrC1=Cc2c(ccc3c2[nH]c2ccccc23)C=[C+]1. The largest absolute Gasteiger partial charge is 0.352 e. The van der Waals surface area contributed by atoms with Crippen LogP contribution in [0.3, 0.4) is 0 Å². The molecule has 2 aromatic carbocycles. The first kappa shape index (κ1) is 10.1. The van der Waals surface area contributed by atoms with E-state index in [1.54, 1.807) is 0 Å². The molecule has 18 heavy (non-hydrogen) atoms. The van der Waals surface area contributed by atoms with E-state index in [4.69, 9.17) is 0 Å². The lowest BCUT2D eigenvalue weighted by atomic mass is 9.99. The summed E-state index contributed by atoms with van der Waals surface area (Å²) in [5.74, 6) is 0. The van der Waals surface area contributed by atoms with E-state index in [0.29, 0.717) is 0 Å². The van der Waals surface area contributed by atoms with Crippen molar-refractivity contribution in [3.63, 3.8) is 0 Å². The summed E-state index contributed by atoms with van der Waals surface area (Å²) >= 11 is 3.49. The first-order chi connectivity index (χ1) is 8.83. The topological polar surface area (TPSA) is 15.8 Å². The Morgan fingerprint density at radius 1 is 1.00 bits per heavy atom. The van der Waals surface area contributed by atoms with Crippen molar-refractivity contribution in [3.05, 3.63) is 58.1 Å². The van der Waals surface area contributed by atoms with Gasteiger partial charge in [0.2, 0.25) is 0 Å². The number of para-hydroxylation sites is 1. The van der Waals surface area contributed by atoms with Crippen molar-refractivity contribution in [1.82, 2.24) is 4.98 Å². The van der Waals surface area contributed by atoms with Gasteiger partial charge in [0, 0.05) is 22.4 Å². The minimum Gasteiger partial charge on any atom is -0.352 e. The lowest BCUT2D eigenvalue weighted by Crippen LogP contribution is -1.88. The van der Waals surface area contributed by atoms with Crippen LogP contribution >= 0.6 is 15.9 Å². The van der Waals surface area contributed by atoms with Crippen molar-refractivity contribution in [3.8, 4) is 0 Å². The van der Waals surface area contributed by atoms with Gasteiger partial charge in [0.05, 0.1) is 23.2 Å². The van der Waals surface area contributed by atoms with Crippen LogP contribution < -0.4 is 0 Å². The molecule has 0 atom stereocenters. The monoisotopic (exact) mass is 294 g/mol. The van der Waals surface area contributed by atoms with Crippen molar-refractivity contribution in [1.29, 1.82) is 0 Å². The van der Waals surface area contributed by atoms with Gasteiger partial charge in [-0.3, -0.25) is 0 Å². The molecule has 0 saturated carbocycles. The summed E-state index contributed by atoms with van der Waals surface area (Å²) in [4.78, 5) is 3.51. The molecule has 0 spiro atoms. The lowest BCUT2D eigenvalue weighted by molar-refractivity contribution is 1.52. The van der Waals surface area contributed by atoms with Crippen LogP contribution in [-0.4, -0.2) is 4.98 Å². The second-order valence-corrected chi connectivity index (χ2v) is 5.30. The quantitative estimate of drug-likeness (QED) is 0.568. The standard InChI is InChI=1S/C16H9BrN/c17-11-7-5-10-6-8-13-12-3-1-2-4-15(12)18-16(13)14(10)9-11/h1-6,8-9,18H/q+1. The Morgan fingerprint density at radius 3 is 2.83 bits per heavy atom. The minimum atomic E-state index is 0.987. The number of rotatable bonds is 0. The number of halogens is 1. The van der Waals surface area contributed by atoms with Gasteiger partial charge in [0.15, 0.2) is 4.48 Å². The van der Waals surface area contributed by atoms with Crippen LogP contribution in [0, 0.1) is 6.08 Å². The Labute approximate surface area is 113 Å². The van der Waals surface area contributed by atoms with Gasteiger partial charge in [0.1, 0.15) is 11.6 Å². The highest BCUT2D eigenvalue weighted by atomic mass is 79.9. The zero-order chi connectivity index (χ0) is 12.1. The van der Waals surface area contributed by atoms with E-state index < -0.39 is 0 Å². The molecule has 4 rings (SSSR count). The van der Waals surface area contributed by atoms with Gasteiger partial charge >= 0.3 is 0 Å². The zero-order valence-electron chi connectivity index (χ0n) is 9.50. The summed E-state index contributed by atoms with van der Waals surface area (Å²) in [7, 11) is 0. The summed E-state index contributed by atoms with van der Waals surface area (Å²) in [5, 5.41) is 2.55. The molecule has 2 heteroatoms. The summed E-state index contributed by atoms with van der Waals surface area (Å²) in [6.45, 7) is 0. The van der Waals surface area contributed by atoms with Crippen LogP contribution in [-0.2, 0) is 0 Å². The van der Waals surface area contributed by atoms with Crippen molar-refractivity contribution < 1.29 is 0 Å². The van der Waals surface area contributed by atoms with Gasteiger partial charge in [-0.05, 0) is 28.1 Å². The molecule has 1 aliphatic carbocycles. The molecular weight excluding hydrogens is 286 g/mol. The van der Waals surface area contributed by atoms with E-state index in [-0.39, 0.29) is 0 Å². The maximum atomic E-state index is 3.51. The van der Waals surface area contributed by atoms with Crippen molar-refractivity contribution in [2.75, 3.05) is 0 Å². The fourth-order valence-corrected chi connectivity index (χ4v) is 2.90. The highest BCUT2D eigenvalue weighted by Gasteiger charge is 2.18. The second-order valence-electron chi connectivity index (χ2n) is 4.44. The molecular formula is C16H9BrN+. The Morgan fingerprint density at radius 2 is 1.89 bits per heavy atom. The van der Waals surface area contributed by atoms with Gasteiger partial charge in [-0.25, -0.2) is 0 Å². The number of H-pyrrole nitrogens is 1. The highest BCUT2D eigenvalue weighted by Crippen LogP contribution is 2.33. The van der Waals surface area contributed by atoms with Crippen molar-refractivity contribution in [2.45, 2.75) is 0 Å². The number of hydrogen-bond donors (Lipinski definition) is 1. The van der Waals surface area contributed by atoms with Crippen molar-refractivity contribution >= 4 is 49.9 Å². The van der Waals surface area contributed by atoms with E-state index in [1.807, 2.05) is 6.08 Å². The molecule has 1 N–H and O–H groups in total. The molecule has 0 aliphatic heterocycles. The summed E-state index contributed by atoms with van der Waals surface area (Å²) in [6, 6.07) is 12.7. The molecule has 1 aromatic heterocycles. The highest BCUT2D eigenvalue weighted by molar-refractivity contribution is 9.12. The second kappa shape index (κ2) is 3.55. The fraction of sp³-hybridized carbons (Fsp3) is 0. The number of aromatic amines is 1. The van der Waals surface area contributed by atoms with Gasteiger partial charge in [-0.2, -0.15) is 0 Å². The van der Waals surface area contributed by atoms with Gasteiger partial charge < -0.3 is 4.98 Å². The number of fused-ring (bicyclic) bond motifs is 5. The van der Waals surface area contributed by atoms with Crippen molar-refractivity contribution in [2.24, 2.45) is 0 Å². The third-order valence-corrected chi connectivity index (χ3v) is 3.85. The van der Waals surface area contributed by atoms with Crippen LogP contribution in [0.15, 0.2) is 40.9 Å². The molecule has 0 radical (unpaired) electrons. The molecule has 3 aromatic rings. The predicted octanol–water partition coefficient (Wildman–Crippen LogP) is 4.89. The van der Waals surface area contributed by atoms with Crippen LogP contribution in [0.5, 0.6) is 0 Å². The Bertz CT molecular complexity index is 837. The van der Waals surface area contributed by atoms with E-state index in [9.17, 15) is 0 Å². The summed E-state index contributed by atoms with van der Waals surface area (Å²) in [6.07, 6.45) is 7.31. The number of allylic oxidation sites excluding steroid dienone is 2. The number of aromatic nitrogens is 1. The zero-order valence-corrected chi connectivity index (χ0v) is 11.1. The molecule has 0 bridgehead atoms. The molecule has 1 nitrogen and oxygen atoms in total. The summed E-state index contributed by atoms with van der Waals surface area (Å²) in [5.41, 5.74) is 4.82. The lowest BCUT2D eigenvalue weighted by Gasteiger charge is -1.99. The fourth-order valence-electron chi connectivity index (χ4n) is 2.55. The number of hydrogen-bond acceptors (Lipinski definition) is 0. The van der Waals surface area contributed by atoms with Gasteiger partial charge in [-0.15, -0.1) is 0 Å². The van der Waals surface area contributed by atoms with Crippen LogP contribution in [0.4, 0.5) is 0 Å². The Kier molecular flexibility index (Phi) is 1.99. The third-order valence-electron chi connectivity index (χ3n) is 3.39. The molecule has 0 saturated heterocycles. The number of benzene rings is 2. The Balaban J connectivity index is 2.21. The molecule has 0 unspecified atom stereocenters. The average molecular weight is 295 g/mol. The molecule has 0 fully saturated rings. The van der Waals surface area contributed by atoms with Gasteiger partial charge in [-0.1, -0.05) is 18.2 Å². The molecule has 84 valence electrons. The van der Waals surface area contributed by atoms with E-state index in [2.05, 4.69) is 69.5 Å². The normalized spacial score (nSPS) is 13.5. The maximum absolute atomic E-state index is 3.51. The van der Waals surface area contributed by atoms with E-state index in [1.165, 1.54) is 32.9 Å². The maximum Gasteiger partial charge on any atom is 0.181 e. The molecule has 0 amide bonds. The first-order valence-electron chi connectivity index (χ1n) is 5.83. The number of nitrogens with one attached hydrogen (secondary N) is 1. The molecule has 1 heterocycles. The van der Waals surface area contributed by atoms with E-state index in [0.717, 1.165) is 4.48 Å². The van der Waals surface area contributed by atoms with Gasteiger partial charge in [0.25, 0.3) is 0 Å². The van der Waals surface area contributed by atoms with Crippen LogP contribution in [0.25, 0.3) is 34.0 Å². The van der Waals surface area contributed by atoms with Crippen LogP contribution in [0.1, 0.15) is 11.1 Å². The Hall–Kier alpha value is -1.89. The van der Waals surface area contributed by atoms with Crippen LogP contribution in [0.2, 0.25) is 0 Å².